The minimum absolute atomic E-state index is 0.110. The monoisotopic (exact) mass is 343 g/mol. The lowest BCUT2D eigenvalue weighted by atomic mass is 10.1. The third kappa shape index (κ3) is 3.19. The Morgan fingerprint density at radius 2 is 2.00 bits per heavy atom. The number of anilines is 2. The van der Waals surface area contributed by atoms with Gasteiger partial charge in [-0.1, -0.05) is 17.7 Å². The second-order valence-electron chi connectivity index (χ2n) is 5.59. The Balaban J connectivity index is 1.90. The molecule has 0 bridgehead atoms. The van der Waals surface area contributed by atoms with Crippen LogP contribution in [0.3, 0.4) is 0 Å². The van der Waals surface area contributed by atoms with E-state index in [-0.39, 0.29) is 11.1 Å². The van der Waals surface area contributed by atoms with Gasteiger partial charge < -0.3 is 10.2 Å². The third-order valence-electron chi connectivity index (χ3n) is 4.00. The largest absolute Gasteiger partial charge is 0.369 e. The van der Waals surface area contributed by atoms with Gasteiger partial charge in [-0.3, -0.25) is 4.79 Å². The first-order valence-electron chi connectivity index (χ1n) is 7.64. The van der Waals surface area contributed by atoms with Crippen molar-refractivity contribution in [1.29, 1.82) is 5.26 Å². The predicted octanol–water partition coefficient (Wildman–Crippen LogP) is 4.20. The average molecular weight is 344 g/mol. The van der Waals surface area contributed by atoms with Gasteiger partial charge in [0.05, 0.1) is 33.6 Å². The summed E-state index contributed by atoms with van der Waals surface area (Å²) in [5, 5.41) is 12.1. The van der Waals surface area contributed by atoms with E-state index in [4.69, 9.17) is 16.9 Å². The number of nitrogens with one attached hydrogen (secondary N) is 1. The van der Waals surface area contributed by atoms with E-state index in [2.05, 4.69) is 10.2 Å². The van der Waals surface area contributed by atoms with Crippen LogP contribution in [0, 0.1) is 17.1 Å². The van der Waals surface area contributed by atoms with Crippen LogP contribution < -0.4 is 10.2 Å². The molecule has 0 saturated carbocycles. The number of carbonyl (C=O) groups is 1. The Hall–Kier alpha value is -2.58. The van der Waals surface area contributed by atoms with E-state index in [9.17, 15) is 9.18 Å². The van der Waals surface area contributed by atoms with Gasteiger partial charge in [0, 0.05) is 13.1 Å². The van der Waals surface area contributed by atoms with E-state index in [1.54, 1.807) is 18.2 Å². The summed E-state index contributed by atoms with van der Waals surface area (Å²) < 4.78 is 14.0. The van der Waals surface area contributed by atoms with Gasteiger partial charge in [0.2, 0.25) is 0 Å². The quantitative estimate of drug-likeness (QED) is 0.908. The van der Waals surface area contributed by atoms with Gasteiger partial charge in [-0.2, -0.15) is 5.26 Å². The van der Waals surface area contributed by atoms with Gasteiger partial charge >= 0.3 is 0 Å². The van der Waals surface area contributed by atoms with Crippen LogP contribution in [-0.4, -0.2) is 19.0 Å². The zero-order valence-electron chi connectivity index (χ0n) is 12.9. The summed E-state index contributed by atoms with van der Waals surface area (Å²) in [5.41, 5.74) is 1.38. The fourth-order valence-corrected chi connectivity index (χ4v) is 3.13. The molecule has 3 rings (SSSR count). The Morgan fingerprint density at radius 3 is 2.67 bits per heavy atom. The first-order chi connectivity index (χ1) is 11.6. The highest BCUT2D eigenvalue weighted by atomic mass is 35.5. The van der Waals surface area contributed by atoms with E-state index in [0.717, 1.165) is 37.7 Å². The fourth-order valence-electron chi connectivity index (χ4n) is 2.84. The molecule has 0 radical (unpaired) electrons. The Bertz CT molecular complexity index is 825. The van der Waals surface area contributed by atoms with Gasteiger partial charge in [-0.25, -0.2) is 4.39 Å². The second kappa shape index (κ2) is 6.90. The summed E-state index contributed by atoms with van der Waals surface area (Å²) in [5.74, 6) is -1.30. The summed E-state index contributed by atoms with van der Waals surface area (Å²) in [6, 6.07) is 10.9. The van der Waals surface area contributed by atoms with Crippen LogP contribution in [0.2, 0.25) is 5.02 Å². The summed E-state index contributed by atoms with van der Waals surface area (Å²) in [6.07, 6.45) is 2.14. The summed E-state index contributed by atoms with van der Waals surface area (Å²) in [7, 11) is 0. The highest BCUT2D eigenvalue weighted by Crippen LogP contribution is 2.36. The topological polar surface area (TPSA) is 56.1 Å². The van der Waals surface area contributed by atoms with Crippen molar-refractivity contribution >= 4 is 28.9 Å². The normalized spacial score (nSPS) is 13.6. The number of hydrogen-bond acceptors (Lipinski definition) is 3. The number of benzene rings is 2. The molecule has 4 nitrogen and oxygen atoms in total. The molecule has 0 unspecified atom stereocenters. The summed E-state index contributed by atoms with van der Waals surface area (Å²) in [6.45, 7) is 1.75. The van der Waals surface area contributed by atoms with Gasteiger partial charge in [0.1, 0.15) is 5.82 Å². The highest BCUT2D eigenvalue weighted by molar-refractivity contribution is 6.34. The first kappa shape index (κ1) is 16.3. The highest BCUT2D eigenvalue weighted by Gasteiger charge is 2.21. The van der Waals surface area contributed by atoms with Crippen molar-refractivity contribution in [1.82, 2.24) is 0 Å². The van der Waals surface area contributed by atoms with Crippen LogP contribution in [0.1, 0.15) is 28.8 Å². The van der Waals surface area contributed by atoms with Crippen LogP contribution >= 0.6 is 11.6 Å². The number of hydrogen-bond donors (Lipinski definition) is 1. The molecule has 1 N–H and O–H groups in total. The summed E-state index contributed by atoms with van der Waals surface area (Å²) in [4.78, 5) is 14.5. The van der Waals surface area contributed by atoms with Crippen molar-refractivity contribution in [2.24, 2.45) is 0 Å². The van der Waals surface area contributed by atoms with E-state index >= 15 is 0 Å². The number of nitrogens with zero attached hydrogens (tertiary/aromatic N) is 2. The van der Waals surface area contributed by atoms with Crippen LogP contribution in [0.5, 0.6) is 0 Å². The maximum Gasteiger partial charge on any atom is 0.258 e. The molecule has 0 atom stereocenters. The molecule has 1 aliphatic heterocycles. The van der Waals surface area contributed by atoms with Gasteiger partial charge in [0.15, 0.2) is 0 Å². The van der Waals surface area contributed by atoms with Gasteiger partial charge in [-0.05, 0) is 43.2 Å². The third-order valence-corrected chi connectivity index (χ3v) is 4.31. The molecule has 1 aliphatic rings. The lowest BCUT2D eigenvalue weighted by Crippen LogP contribution is -2.22. The molecular formula is C18H15ClFN3O. The van der Waals surface area contributed by atoms with E-state index in [1.807, 2.05) is 6.07 Å². The number of nitriles is 1. The molecule has 1 fully saturated rings. The zero-order valence-corrected chi connectivity index (χ0v) is 13.6. The van der Waals surface area contributed by atoms with Crippen molar-refractivity contribution < 1.29 is 9.18 Å². The number of rotatable bonds is 3. The minimum Gasteiger partial charge on any atom is -0.369 e. The minimum atomic E-state index is -0.726. The maximum atomic E-state index is 14.0. The van der Waals surface area contributed by atoms with Crippen LogP contribution in [0.25, 0.3) is 0 Å². The maximum absolute atomic E-state index is 14.0. The van der Waals surface area contributed by atoms with Crippen molar-refractivity contribution in [3.05, 3.63) is 58.4 Å². The molecule has 0 spiro atoms. The number of amides is 1. The Labute approximate surface area is 144 Å². The van der Waals surface area contributed by atoms with Crippen LogP contribution in [0.15, 0.2) is 36.4 Å². The van der Waals surface area contributed by atoms with Crippen LogP contribution in [-0.2, 0) is 0 Å². The van der Waals surface area contributed by atoms with Gasteiger partial charge in [0.25, 0.3) is 5.91 Å². The Morgan fingerprint density at radius 1 is 1.25 bits per heavy atom. The standard InChI is InChI=1S/C18H15ClFN3O/c19-14-4-3-5-16(17(14)23-8-1-2-9-23)22-18(24)13-7-6-12(11-21)10-15(13)20/h3-7,10H,1-2,8-9H2,(H,22,24). The molecule has 122 valence electrons. The van der Waals surface area contributed by atoms with E-state index < -0.39 is 11.7 Å². The number of para-hydroxylation sites is 1. The lowest BCUT2D eigenvalue weighted by molar-refractivity contribution is 0.102. The SMILES string of the molecule is N#Cc1ccc(C(=O)Nc2cccc(Cl)c2N2CCCC2)c(F)c1. The van der Waals surface area contributed by atoms with E-state index in [0.29, 0.717) is 10.7 Å². The molecule has 2 aromatic rings. The second-order valence-corrected chi connectivity index (χ2v) is 6.00. The first-order valence-corrected chi connectivity index (χ1v) is 8.02. The average Bonchev–Trinajstić information content (AvgIpc) is 3.08. The number of halogens is 2. The molecule has 6 heteroatoms. The van der Waals surface area contributed by atoms with Crippen molar-refractivity contribution in [3.8, 4) is 6.07 Å². The lowest BCUT2D eigenvalue weighted by Gasteiger charge is -2.23. The van der Waals surface area contributed by atoms with E-state index in [1.165, 1.54) is 12.1 Å². The zero-order chi connectivity index (χ0) is 17.1. The molecule has 0 aromatic heterocycles. The molecule has 24 heavy (non-hydrogen) atoms. The molecular weight excluding hydrogens is 329 g/mol. The smallest absolute Gasteiger partial charge is 0.258 e. The van der Waals surface area contributed by atoms with Crippen molar-refractivity contribution in [3.63, 3.8) is 0 Å². The Kier molecular flexibility index (Phi) is 4.68. The molecule has 1 amide bonds. The predicted molar refractivity (Wildman–Crippen MR) is 92.0 cm³/mol. The van der Waals surface area contributed by atoms with Crippen LogP contribution in [0.4, 0.5) is 15.8 Å². The van der Waals surface area contributed by atoms with Gasteiger partial charge in [-0.15, -0.1) is 0 Å². The number of carbonyl (C=O) groups excluding carboxylic acids is 1. The molecule has 1 heterocycles. The molecule has 0 aliphatic carbocycles. The fraction of sp³-hybridized carbons (Fsp3) is 0.222. The van der Waals surface area contributed by atoms with Crippen molar-refractivity contribution in [2.45, 2.75) is 12.8 Å². The summed E-state index contributed by atoms with van der Waals surface area (Å²) >= 11 is 6.31. The molecule has 2 aromatic carbocycles. The molecule has 1 saturated heterocycles. The van der Waals surface area contributed by atoms with Crippen molar-refractivity contribution in [2.75, 3.05) is 23.3 Å².